The summed E-state index contributed by atoms with van der Waals surface area (Å²) in [5, 5.41) is 9.01. The molecule has 2 aromatic carbocycles. The topological polar surface area (TPSA) is 68.2 Å². The molecule has 6 nitrogen and oxygen atoms in total. The Kier molecular flexibility index (Phi) is 11.4. The summed E-state index contributed by atoms with van der Waals surface area (Å²) in [5.41, 5.74) is 2.39. The quantitative estimate of drug-likeness (QED) is 0.438. The van der Waals surface area contributed by atoms with Crippen molar-refractivity contribution in [2.24, 2.45) is 0 Å². The fraction of sp³-hybridized carbons (Fsp3) is 0.480. The summed E-state index contributed by atoms with van der Waals surface area (Å²) in [7, 11) is 1.68. The van der Waals surface area contributed by atoms with Gasteiger partial charge in [0.2, 0.25) is 0 Å². The van der Waals surface area contributed by atoms with E-state index in [0.717, 1.165) is 55.8 Å². The number of aryl methyl sites for hydroxylation is 2. The lowest BCUT2D eigenvalue weighted by Gasteiger charge is -2.27. The molecule has 0 aliphatic carbocycles. The van der Waals surface area contributed by atoms with Crippen LogP contribution in [0.5, 0.6) is 11.5 Å². The highest BCUT2D eigenvalue weighted by Gasteiger charge is 2.23. The van der Waals surface area contributed by atoms with E-state index in [0.29, 0.717) is 19.6 Å². The zero-order valence-corrected chi connectivity index (χ0v) is 19.5. The molecule has 1 saturated heterocycles. The zero-order chi connectivity index (χ0) is 21.9. The van der Waals surface area contributed by atoms with Crippen molar-refractivity contribution in [3.05, 3.63) is 59.7 Å². The van der Waals surface area contributed by atoms with Crippen molar-refractivity contribution in [3.63, 3.8) is 0 Å². The van der Waals surface area contributed by atoms with E-state index in [-0.39, 0.29) is 25.1 Å². The van der Waals surface area contributed by atoms with E-state index < -0.39 is 5.97 Å². The van der Waals surface area contributed by atoms with Gasteiger partial charge in [-0.2, -0.15) is 0 Å². The molecular formula is C25H34ClNO5. The van der Waals surface area contributed by atoms with Crippen molar-refractivity contribution in [1.82, 2.24) is 4.90 Å². The summed E-state index contributed by atoms with van der Waals surface area (Å²) in [4.78, 5) is 13.2. The highest BCUT2D eigenvalue weighted by molar-refractivity contribution is 5.85. The van der Waals surface area contributed by atoms with E-state index in [1.54, 1.807) is 7.11 Å². The van der Waals surface area contributed by atoms with Crippen LogP contribution in [0.4, 0.5) is 0 Å². The summed E-state index contributed by atoms with van der Waals surface area (Å²) in [6, 6.07) is 16.2. The number of methoxy groups -OCH3 is 1. The van der Waals surface area contributed by atoms with Crippen LogP contribution in [0.25, 0.3) is 0 Å². The minimum absolute atomic E-state index is 0. The third kappa shape index (κ3) is 8.34. The molecule has 0 spiro atoms. The van der Waals surface area contributed by atoms with E-state index in [1.807, 2.05) is 30.3 Å². The minimum atomic E-state index is -0.783. The van der Waals surface area contributed by atoms with Gasteiger partial charge in [-0.05, 0) is 61.4 Å². The molecule has 2 aromatic rings. The molecule has 0 radical (unpaired) electrons. The molecule has 1 aliphatic rings. The smallest absolute Gasteiger partial charge is 0.303 e. The third-order valence-corrected chi connectivity index (χ3v) is 5.59. The molecule has 3 rings (SSSR count). The molecule has 1 aliphatic heterocycles. The number of ether oxygens (including phenoxy) is 3. The first-order chi connectivity index (χ1) is 15.2. The van der Waals surface area contributed by atoms with Crippen molar-refractivity contribution in [2.75, 3.05) is 33.4 Å². The van der Waals surface area contributed by atoms with Gasteiger partial charge < -0.3 is 19.3 Å². The molecule has 1 atom stereocenters. The minimum Gasteiger partial charge on any atom is -0.497 e. The van der Waals surface area contributed by atoms with Crippen molar-refractivity contribution in [1.29, 1.82) is 0 Å². The van der Waals surface area contributed by atoms with Crippen molar-refractivity contribution in [2.45, 2.75) is 44.8 Å². The number of carbonyl (C=O) groups is 1. The molecule has 7 heteroatoms. The first-order valence-electron chi connectivity index (χ1n) is 11.1. The maximum absolute atomic E-state index is 11.0. The van der Waals surface area contributed by atoms with Gasteiger partial charge in [-0.3, -0.25) is 9.69 Å². The number of benzene rings is 2. The Morgan fingerprint density at radius 2 is 1.84 bits per heavy atom. The fourth-order valence-electron chi connectivity index (χ4n) is 3.94. The number of rotatable bonds is 13. The Hall–Kier alpha value is -2.28. The molecule has 0 bridgehead atoms. The van der Waals surface area contributed by atoms with Gasteiger partial charge in [0.25, 0.3) is 0 Å². The monoisotopic (exact) mass is 463 g/mol. The van der Waals surface area contributed by atoms with Crippen LogP contribution in [0.15, 0.2) is 48.5 Å². The predicted octanol–water partition coefficient (Wildman–Crippen LogP) is 4.58. The molecule has 176 valence electrons. The standard InChI is InChI=1S/C25H33NO5.ClH/c1-29-22-9-6-7-20(19-22)11-12-21-8-2-3-10-23(21)30-17-18-31-24(13-14-25(27)28)26-15-4-5-16-26;/h2-3,6-10,19,24H,4-5,11-18H2,1H3,(H,27,28);1H. The predicted molar refractivity (Wildman–Crippen MR) is 127 cm³/mol. The zero-order valence-electron chi connectivity index (χ0n) is 18.7. The van der Waals surface area contributed by atoms with E-state index in [4.69, 9.17) is 19.3 Å². The molecule has 1 heterocycles. The van der Waals surface area contributed by atoms with Gasteiger partial charge in [-0.15, -0.1) is 12.4 Å². The lowest BCUT2D eigenvalue weighted by Crippen LogP contribution is -2.36. The van der Waals surface area contributed by atoms with Crippen molar-refractivity contribution in [3.8, 4) is 11.5 Å². The van der Waals surface area contributed by atoms with Gasteiger partial charge in [-0.25, -0.2) is 0 Å². The molecule has 1 fully saturated rings. The fourth-order valence-corrected chi connectivity index (χ4v) is 3.94. The number of carboxylic acids is 1. The molecule has 0 amide bonds. The number of halogens is 1. The number of likely N-dealkylation sites (tertiary alicyclic amines) is 1. The van der Waals surface area contributed by atoms with Crippen LogP contribution >= 0.6 is 12.4 Å². The summed E-state index contributed by atoms with van der Waals surface area (Å²) < 4.78 is 17.3. The maximum Gasteiger partial charge on any atom is 0.303 e. The van der Waals surface area contributed by atoms with Crippen LogP contribution in [0, 0.1) is 0 Å². The largest absolute Gasteiger partial charge is 0.497 e. The highest BCUT2D eigenvalue weighted by Crippen LogP contribution is 2.22. The van der Waals surface area contributed by atoms with E-state index in [2.05, 4.69) is 23.1 Å². The Labute approximate surface area is 196 Å². The number of para-hydroxylation sites is 1. The van der Waals surface area contributed by atoms with Gasteiger partial charge in [0.15, 0.2) is 0 Å². The van der Waals surface area contributed by atoms with Crippen LogP contribution in [0.1, 0.15) is 36.8 Å². The molecule has 32 heavy (non-hydrogen) atoms. The van der Waals surface area contributed by atoms with Crippen molar-refractivity contribution >= 4 is 18.4 Å². The van der Waals surface area contributed by atoms with Crippen LogP contribution in [0.2, 0.25) is 0 Å². The summed E-state index contributed by atoms with van der Waals surface area (Å²) in [5.74, 6) is 0.959. The van der Waals surface area contributed by atoms with Gasteiger partial charge in [0.1, 0.15) is 24.3 Å². The van der Waals surface area contributed by atoms with Crippen molar-refractivity contribution < 1.29 is 24.1 Å². The summed E-state index contributed by atoms with van der Waals surface area (Å²) in [6.45, 7) is 2.81. The molecule has 1 unspecified atom stereocenters. The highest BCUT2D eigenvalue weighted by atomic mass is 35.5. The van der Waals surface area contributed by atoms with Gasteiger partial charge >= 0.3 is 5.97 Å². The number of aliphatic carboxylic acids is 1. The van der Waals surface area contributed by atoms with Crippen LogP contribution < -0.4 is 9.47 Å². The molecule has 0 aromatic heterocycles. The lowest BCUT2D eigenvalue weighted by atomic mass is 10.0. The van der Waals surface area contributed by atoms with Gasteiger partial charge in [0.05, 0.1) is 13.7 Å². The van der Waals surface area contributed by atoms with Gasteiger partial charge in [0, 0.05) is 19.5 Å². The molecular weight excluding hydrogens is 430 g/mol. The second kappa shape index (κ2) is 14.0. The van der Waals surface area contributed by atoms with Crippen LogP contribution in [-0.4, -0.2) is 55.6 Å². The van der Waals surface area contributed by atoms with E-state index in [9.17, 15) is 4.79 Å². The second-order valence-corrected chi connectivity index (χ2v) is 7.81. The molecule has 0 saturated carbocycles. The lowest BCUT2D eigenvalue weighted by molar-refractivity contribution is -0.139. The number of nitrogens with zero attached hydrogens (tertiary/aromatic N) is 1. The third-order valence-electron chi connectivity index (χ3n) is 5.59. The average molecular weight is 464 g/mol. The second-order valence-electron chi connectivity index (χ2n) is 7.81. The van der Waals surface area contributed by atoms with Crippen LogP contribution in [-0.2, 0) is 22.4 Å². The number of hydrogen-bond acceptors (Lipinski definition) is 5. The Bertz CT molecular complexity index is 825. The number of carboxylic acid groups (broad SMARTS) is 1. The van der Waals surface area contributed by atoms with E-state index in [1.165, 1.54) is 5.56 Å². The normalized spacial score (nSPS) is 14.5. The maximum atomic E-state index is 11.0. The first kappa shape index (κ1) is 26.0. The summed E-state index contributed by atoms with van der Waals surface area (Å²) in [6.07, 6.45) is 4.54. The Balaban J connectivity index is 0.00000363. The van der Waals surface area contributed by atoms with Gasteiger partial charge in [-0.1, -0.05) is 30.3 Å². The molecule has 1 N–H and O–H groups in total. The average Bonchev–Trinajstić information content (AvgIpc) is 3.32. The van der Waals surface area contributed by atoms with Crippen LogP contribution in [0.3, 0.4) is 0 Å². The number of hydrogen-bond donors (Lipinski definition) is 1. The summed E-state index contributed by atoms with van der Waals surface area (Å²) >= 11 is 0. The van der Waals surface area contributed by atoms with E-state index >= 15 is 0 Å². The Morgan fingerprint density at radius 3 is 2.59 bits per heavy atom. The Morgan fingerprint density at radius 1 is 1.06 bits per heavy atom. The first-order valence-corrected chi connectivity index (χ1v) is 11.1. The SMILES string of the molecule is COc1cccc(CCc2ccccc2OCCOC(CCC(=O)O)N2CCCC2)c1.Cl.